The number of carbonyl (C=O) groups excluding carboxylic acids is 2. The molecule has 4 heterocycles. The number of fused-ring (bicyclic) bond motifs is 4. The second-order valence-corrected chi connectivity index (χ2v) is 10.7. The van der Waals surface area contributed by atoms with Gasteiger partial charge in [-0.1, -0.05) is 18.5 Å². The van der Waals surface area contributed by atoms with E-state index in [0.29, 0.717) is 17.5 Å². The van der Waals surface area contributed by atoms with Gasteiger partial charge < -0.3 is 20.5 Å². The zero-order valence-corrected chi connectivity index (χ0v) is 21.5. The molecule has 1 aromatic carbocycles. The lowest BCUT2D eigenvalue weighted by Crippen LogP contribution is -2.46. The summed E-state index contributed by atoms with van der Waals surface area (Å²) in [5.74, 6) is -0.621. The SMILES string of the molecule is Cc1cc(C(F)(F)F)cc2c3c(N)ncnc3n(CC(=O)N3C4C[C@]4(C)C[C@H]3C(=O)Nc3cncc(Cl)n3)c12. The quantitative estimate of drug-likeness (QED) is 0.387. The highest BCUT2D eigenvalue weighted by molar-refractivity contribution is 6.29. The maximum absolute atomic E-state index is 13.8. The lowest BCUT2D eigenvalue weighted by Gasteiger charge is -2.27. The van der Waals surface area contributed by atoms with Crippen LogP contribution >= 0.6 is 11.6 Å². The van der Waals surface area contributed by atoms with E-state index in [-0.39, 0.29) is 57.1 Å². The number of aryl methyl sites for hydroxylation is 1. The monoisotopic (exact) mass is 558 g/mol. The Morgan fingerprint density at radius 3 is 2.72 bits per heavy atom. The molecule has 3 aromatic heterocycles. The van der Waals surface area contributed by atoms with Crippen LogP contribution in [-0.4, -0.2) is 53.3 Å². The third-order valence-electron chi connectivity index (χ3n) is 7.65. The van der Waals surface area contributed by atoms with Crippen LogP contribution in [0.15, 0.2) is 30.9 Å². The summed E-state index contributed by atoms with van der Waals surface area (Å²) in [5, 5.41) is 3.23. The van der Waals surface area contributed by atoms with Gasteiger partial charge in [-0.3, -0.25) is 14.6 Å². The number of nitrogens with two attached hydrogens (primary N) is 1. The summed E-state index contributed by atoms with van der Waals surface area (Å²) in [4.78, 5) is 44.8. The highest BCUT2D eigenvalue weighted by Gasteiger charge is 2.64. The zero-order chi connectivity index (χ0) is 27.9. The number of benzene rings is 1. The van der Waals surface area contributed by atoms with Gasteiger partial charge in [0, 0.05) is 11.4 Å². The molecule has 2 amide bonds. The van der Waals surface area contributed by atoms with Crippen LogP contribution in [0.4, 0.5) is 24.8 Å². The maximum atomic E-state index is 13.8. The van der Waals surface area contributed by atoms with Crippen LogP contribution in [0.2, 0.25) is 5.15 Å². The van der Waals surface area contributed by atoms with E-state index in [1.165, 1.54) is 25.6 Å². The van der Waals surface area contributed by atoms with Crippen LogP contribution in [0.1, 0.15) is 30.9 Å². The smallest absolute Gasteiger partial charge is 0.383 e. The second-order valence-electron chi connectivity index (χ2n) is 10.3. The van der Waals surface area contributed by atoms with E-state index in [9.17, 15) is 22.8 Å². The average molecular weight is 559 g/mol. The van der Waals surface area contributed by atoms with Gasteiger partial charge in [0.05, 0.1) is 28.9 Å². The number of hydrogen-bond donors (Lipinski definition) is 2. The molecule has 2 fully saturated rings. The number of alkyl halides is 3. The molecule has 1 saturated heterocycles. The van der Waals surface area contributed by atoms with Crippen LogP contribution in [0.25, 0.3) is 21.9 Å². The Morgan fingerprint density at radius 1 is 1.23 bits per heavy atom. The molecule has 1 aliphatic carbocycles. The van der Waals surface area contributed by atoms with Crippen molar-refractivity contribution in [3.05, 3.63) is 47.1 Å². The Bertz CT molecular complexity index is 1690. The van der Waals surface area contributed by atoms with Crippen LogP contribution in [0.5, 0.6) is 0 Å². The third-order valence-corrected chi connectivity index (χ3v) is 7.84. The molecule has 14 heteroatoms. The van der Waals surface area contributed by atoms with Gasteiger partial charge >= 0.3 is 6.18 Å². The molecular formula is C25H22ClF3N8O2. The lowest BCUT2D eigenvalue weighted by atomic mass is 10.0. The Morgan fingerprint density at radius 2 is 2.00 bits per heavy atom. The fourth-order valence-electron chi connectivity index (χ4n) is 5.79. The molecule has 6 rings (SSSR count). The van der Waals surface area contributed by atoms with E-state index in [4.69, 9.17) is 17.3 Å². The molecule has 1 saturated carbocycles. The van der Waals surface area contributed by atoms with Crippen LogP contribution in [0.3, 0.4) is 0 Å². The first-order chi connectivity index (χ1) is 18.4. The van der Waals surface area contributed by atoms with E-state index < -0.39 is 23.7 Å². The molecule has 3 N–H and O–H groups in total. The van der Waals surface area contributed by atoms with E-state index >= 15 is 0 Å². The van der Waals surface area contributed by atoms with Crippen molar-refractivity contribution in [1.29, 1.82) is 0 Å². The molecule has 1 unspecified atom stereocenters. The number of amides is 2. The number of halogens is 4. The number of anilines is 2. The molecule has 0 bridgehead atoms. The Hall–Kier alpha value is -4.00. The molecule has 2 aliphatic rings. The van der Waals surface area contributed by atoms with Crippen LogP contribution in [0, 0.1) is 12.3 Å². The number of piperidine rings is 1. The molecule has 1 aliphatic heterocycles. The van der Waals surface area contributed by atoms with Gasteiger partial charge in [-0.25, -0.2) is 15.0 Å². The number of aromatic nitrogens is 5. The van der Waals surface area contributed by atoms with Crippen molar-refractivity contribution < 1.29 is 22.8 Å². The van der Waals surface area contributed by atoms with Crippen molar-refractivity contribution in [1.82, 2.24) is 29.4 Å². The third kappa shape index (κ3) is 4.11. The van der Waals surface area contributed by atoms with E-state index in [1.807, 2.05) is 6.92 Å². The van der Waals surface area contributed by atoms with Gasteiger partial charge in [0.15, 0.2) is 5.82 Å². The standard InChI is InChI=1S/C25H22ClF3N8O2/c1-11-3-12(25(27,28)29)4-13-19-21(30)32-10-33-22(19)36(20(11)13)9-18(38)37-14(5-24(2)6-15(24)37)23(39)35-17-8-31-7-16(26)34-17/h3-4,7-8,10,14-15H,5-6,9H2,1-2H3,(H2,30,32,33)(H,34,35,39)/t14-,15?,24-/m0/s1. The van der Waals surface area contributed by atoms with Crippen molar-refractivity contribution in [3.8, 4) is 0 Å². The Kier molecular flexibility index (Phi) is 5.51. The highest BCUT2D eigenvalue weighted by Crippen LogP contribution is 2.59. The van der Waals surface area contributed by atoms with Gasteiger partial charge in [-0.05, 0) is 42.9 Å². The molecule has 0 spiro atoms. The van der Waals surface area contributed by atoms with Crippen molar-refractivity contribution >= 4 is 57.0 Å². The Labute approximate surface area is 224 Å². The molecular weight excluding hydrogens is 537 g/mol. The van der Waals surface area contributed by atoms with Gasteiger partial charge in [0.2, 0.25) is 11.8 Å². The predicted octanol–water partition coefficient (Wildman–Crippen LogP) is 3.96. The van der Waals surface area contributed by atoms with Gasteiger partial charge in [0.25, 0.3) is 0 Å². The van der Waals surface area contributed by atoms with Crippen molar-refractivity contribution in [2.45, 2.75) is 51.5 Å². The number of nitrogens with one attached hydrogen (secondary N) is 1. The topological polar surface area (TPSA) is 132 Å². The van der Waals surface area contributed by atoms with Gasteiger partial charge in [-0.2, -0.15) is 13.2 Å². The largest absolute Gasteiger partial charge is 0.416 e. The van der Waals surface area contributed by atoms with Crippen molar-refractivity contribution in [2.75, 3.05) is 11.1 Å². The summed E-state index contributed by atoms with van der Waals surface area (Å²) in [7, 11) is 0. The summed E-state index contributed by atoms with van der Waals surface area (Å²) in [6.07, 6.45) is 0.518. The molecule has 3 atom stereocenters. The fraction of sp³-hybridized carbons (Fsp3) is 0.360. The summed E-state index contributed by atoms with van der Waals surface area (Å²) >= 11 is 5.88. The number of hydrogen-bond acceptors (Lipinski definition) is 7. The normalized spacial score (nSPS) is 22.4. The van der Waals surface area contributed by atoms with E-state index in [2.05, 4.69) is 25.3 Å². The summed E-state index contributed by atoms with van der Waals surface area (Å²) in [5.41, 5.74) is 5.97. The first kappa shape index (κ1) is 25.3. The first-order valence-electron chi connectivity index (χ1n) is 12.1. The minimum atomic E-state index is -4.58. The molecule has 0 radical (unpaired) electrons. The van der Waals surface area contributed by atoms with Crippen LogP contribution < -0.4 is 11.1 Å². The van der Waals surface area contributed by atoms with Crippen molar-refractivity contribution in [3.63, 3.8) is 0 Å². The number of nitrogens with zero attached hydrogens (tertiary/aromatic N) is 6. The molecule has 202 valence electrons. The maximum Gasteiger partial charge on any atom is 0.416 e. The minimum Gasteiger partial charge on any atom is -0.383 e. The minimum absolute atomic E-state index is 0.00532. The van der Waals surface area contributed by atoms with Gasteiger partial charge in [-0.15, -0.1) is 0 Å². The summed E-state index contributed by atoms with van der Waals surface area (Å²) in [6, 6.07) is 1.12. The molecule has 10 nitrogen and oxygen atoms in total. The van der Waals surface area contributed by atoms with Gasteiger partial charge in [0.1, 0.15) is 35.5 Å². The lowest BCUT2D eigenvalue weighted by molar-refractivity contribution is -0.138. The zero-order valence-electron chi connectivity index (χ0n) is 20.8. The molecule has 4 aromatic rings. The Balaban J connectivity index is 1.39. The average Bonchev–Trinajstić information content (AvgIpc) is 3.25. The first-order valence-corrected chi connectivity index (χ1v) is 12.4. The van der Waals surface area contributed by atoms with E-state index in [0.717, 1.165) is 18.6 Å². The summed E-state index contributed by atoms with van der Waals surface area (Å²) in [6.45, 7) is 3.30. The van der Waals surface area contributed by atoms with Crippen LogP contribution in [-0.2, 0) is 22.3 Å². The number of rotatable bonds is 4. The molecule has 39 heavy (non-hydrogen) atoms. The fourth-order valence-corrected chi connectivity index (χ4v) is 5.94. The predicted molar refractivity (Wildman–Crippen MR) is 137 cm³/mol. The number of likely N-dealkylation sites (tertiary alicyclic amines) is 1. The number of nitrogen functional groups attached to an aromatic ring is 1. The van der Waals surface area contributed by atoms with E-state index in [1.54, 1.807) is 9.47 Å². The second kappa shape index (κ2) is 8.50. The number of carbonyl (C=O) groups is 2. The highest BCUT2D eigenvalue weighted by atomic mass is 35.5. The summed E-state index contributed by atoms with van der Waals surface area (Å²) < 4.78 is 42.4. The van der Waals surface area contributed by atoms with Crippen molar-refractivity contribution in [2.24, 2.45) is 5.41 Å².